The van der Waals surface area contributed by atoms with E-state index in [0.29, 0.717) is 32.7 Å². The Bertz CT molecular complexity index is 3470. The average molecular weight is 741 g/mol. The van der Waals surface area contributed by atoms with E-state index in [2.05, 4.69) is 98.8 Å². The second kappa shape index (κ2) is 13.0. The highest BCUT2D eigenvalue weighted by molar-refractivity contribution is 6.71. The molecule has 11 rings (SSSR count). The minimum Gasteiger partial charge on any atom is -0.456 e. The van der Waals surface area contributed by atoms with Gasteiger partial charge in [-0.1, -0.05) is 133 Å². The second-order valence-electron chi connectivity index (χ2n) is 16.5. The third-order valence-electron chi connectivity index (χ3n) is 13.0. The molecule has 260 valence electrons. The van der Waals surface area contributed by atoms with E-state index in [1.807, 2.05) is 36.4 Å². The lowest BCUT2D eigenvalue weighted by atomic mass is 9.59. The van der Waals surface area contributed by atoms with Crippen LogP contribution in [0.1, 0.15) is 25.0 Å². The van der Waals surface area contributed by atoms with Crippen molar-refractivity contribution in [3.05, 3.63) is 132 Å². The highest BCUT2D eigenvalue weighted by Gasteiger charge is 2.36. The van der Waals surface area contributed by atoms with E-state index in [1.165, 1.54) is 11.1 Å². The molecule has 0 atom stereocenters. The molecule has 0 bridgehead atoms. The maximum Gasteiger partial charge on any atom is 0.136 e. The van der Waals surface area contributed by atoms with E-state index in [-0.39, 0.29) is 49.1 Å². The van der Waals surface area contributed by atoms with Crippen LogP contribution >= 0.6 is 0 Å². The summed E-state index contributed by atoms with van der Waals surface area (Å²) in [5.74, 6) is 0. The molecule has 0 spiro atoms. The molecule has 0 fully saturated rings. The lowest BCUT2D eigenvalue weighted by Crippen LogP contribution is -2.50. The van der Waals surface area contributed by atoms with Crippen LogP contribution in [0, 0.1) is 0 Å². The van der Waals surface area contributed by atoms with Gasteiger partial charge in [-0.2, -0.15) is 0 Å². The Morgan fingerprint density at radius 2 is 0.850 bits per heavy atom. The van der Waals surface area contributed by atoms with Crippen molar-refractivity contribution in [3.63, 3.8) is 0 Å². The third kappa shape index (κ3) is 4.99. The SMILES string of the molecule is [B]c1c([B])c([B])c2c(-c3ccc4c(c3)C(C)(C)c3ccccc3-4)c3c([B])c([B])c([B])c([B])c3c(-c3ccc(-c4cccc5oc6cc7ccccc7cc6c45)cc3)c2c1[B]. The number of furan rings is 1. The molecular formula is C51H26B8O. The van der Waals surface area contributed by atoms with Gasteiger partial charge in [0.05, 0.1) is 0 Å². The van der Waals surface area contributed by atoms with Crippen molar-refractivity contribution in [3.8, 4) is 44.5 Å². The van der Waals surface area contributed by atoms with Gasteiger partial charge < -0.3 is 4.42 Å². The summed E-state index contributed by atoms with van der Waals surface area (Å²) in [4.78, 5) is 0. The minimum absolute atomic E-state index is 0.176. The standard InChI is InChI=1S/C51H26B8O/c1-51(2)32-12-6-5-10-29(32)30-19-18-27(21-33(30)51)37-41-39(43(52)47(56)49(58)45(41)54)36(40-42(37)46(55)50(59)48(57)44(40)53)24-16-14-23(15-17-24)28-11-7-13-34-38(28)31-20-25-8-3-4-9-26(25)22-35(31)60-34/h3-22H,1-2H3. The summed E-state index contributed by atoms with van der Waals surface area (Å²) in [5.41, 5.74) is 12.9. The van der Waals surface area contributed by atoms with Crippen LogP contribution in [0.15, 0.2) is 126 Å². The fraction of sp³-hybridized carbons (Fsp3) is 0.0588. The van der Waals surface area contributed by atoms with Gasteiger partial charge in [0.1, 0.15) is 73.9 Å². The predicted octanol–water partition coefficient (Wildman–Crippen LogP) is 4.70. The summed E-state index contributed by atoms with van der Waals surface area (Å²) in [6.45, 7) is 4.47. The van der Waals surface area contributed by atoms with Gasteiger partial charge in [-0.05, 0) is 112 Å². The van der Waals surface area contributed by atoms with Crippen LogP contribution in [0.4, 0.5) is 0 Å². The maximum absolute atomic E-state index is 7.08. The van der Waals surface area contributed by atoms with Gasteiger partial charge in [-0.25, -0.2) is 0 Å². The fourth-order valence-corrected chi connectivity index (χ4v) is 9.95. The van der Waals surface area contributed by atoms with Crippen molar-refractivity contribution in [2.24, 2.45) is 0 Å². The molecular weight excluding hydrogens is 715 g/mol. The molecule has 9 heteroatoms. The Labute approximate surface area is 359 Å². The molecule has 9 aromatic carbocycles. The molecule has 0 saturated carbocycles. The van der Waals surface area contributed by atoms with Crippen LogP contribution in [-0.4, -0.2) is 62.8 Å². The number of benzene rings is 9. The van der Waals surface area contributed by atoms with Gasteiger partial charge >= 0.3 is 0 Å². The van der Waals surface area contributed by atoms with Crippen LogP contribution in [0.2, 0.25) is 0 Å². The molecule has 0 N–H and O–H groups in total. The van der Waals surface area contributed by atoms with Crippen LogP contribution in [-0.2, 0) is 5.41 Å². The molecule has 1 aliphatic rings. The molecule has 10 aromatic rings. The number of hydrogen-bond donors (Lipinski definition) is 0. The summed E-state index contributed by atoms with van der Waals surface area (Å²) >= 11 is 0. The maximum atomic E-state index is 7.08. The van der Waals surface area contributed by atoms with E-state index in [9.17, 15) is 0 Å². The van der Waals surface area contributed by atoms with Gasteiger partial charge in [-0.3, -0.25) is 0 Å². The Kier molecular flexibility index (Phi) is 8.06. The average Bonchev–Trinajstić information content (AvgIpc) is 3.74. The van der Waals surface area contributed by atoms with Crippen molar-refractivity contribution >= 4 is 161 Å². The molecule has 1 heterocycles. The lowest BCUT2D eigenvalue weighted by Gasteiger charge is -2.29. The molecule has 0 amide bonds. The number of rotatable bonds is 3. The quantitative estimate of drug-likeness (QED) is 0.189. The first-order chi connectivity index (χ1) is 28.9. The smallest absolute Gasteiger partial charge is 0.136 e. The zero-order valence-electron chi connectivity index (χ0n) is 33.1. The molecule has 16 radical (unpaired) electrons. The summed E-state index contributed by atoms with van der Waals surface area (Å²) in [5, 5.41) is 6.70. The zero-order chi connectivity index (χ0) is 41.5. The molecule has 1 aromatic heterocycles. The second-order valence-corrected chi connectivity index (χ2v) is 16.5. The Hall–Kier alpha value is -5.92. The van der Waals surface area contributed by atoms with E-state index in [0.717, 1.165) is 66.1 Å². The largest absolute Gasteiger partial charge is 0.456 e. The van der Waals surface area contributed by atoms with Crippen molar-refractivity contribution < 1.29 is 4.42 Å². The molecule has 1 nitrogen and oxygen atoms in total. The predicted molar refractivity (Wildman–Crippen MR) is 263 cm³/mol. The zero-order valence-corrected chi connectivity index (χ0v) is 33.1. The lowest BCUT2D eigenvalue weighted by molar-refractivity contribution is 0.660. The third-order valence-corrected chi connectivity index (χ3v) is 13.0. The van der Waals surface area contributed by atoms with Gasteiger partial charge in [0, 0.05) is 16.2 Å². The van der Waals surface area contributed by atoms with E-state index >= 15 is 0 Å². The minimum atomic E-state index is -0.294. The van der Waals surface area contributed by atoms with Crippen molar-refractivity contribution in [1.82, 2.24) is 0 Å². The van der Waals surface area contributed by atoms with E-state index in [4.69, 9.17) is 67.2 Å². The molecule has 60 heavy (non-hydrogen) atoms. The summed E-state index contributed by atoms with van der Waals surface area (Å²) in [6.07, 6.45) is 0. The normalized spacial score (nSPS) is 13.2. The van der Waals surface area contributed by atoms with E-state index in [1.54, 1.807) is 0 Å². The fourth-order valence-electron chi connectivity index (χ4n) is 9.95. The molecule has 0 aliphatic heterocycles. The number of fused-ring (bicyclic) bond motifs is 9. The van der Waals surface area contributed by atoms with Gasteiger partial charge in [0.25, 0.3) is 0 Å². The highest BCUT2D eigenvalue weighted by atomic mass is 16.3. The van der Waals surface area contributed by atoms with Gasteiger partial charge in [0.2, 0.25) is 0 Å². The Balaban J connectivity index is 1.21. The van der Waals surface area contributed by atoms with E-state index < -0.39 is 0 Å². The van der Waals surface area contributed by atoms with Crippen molar-refractivity contribution in [1.29, 1.82) is 0 Å². The monoisotopic (exact) mass is 742 g/mol. The van der Waals surface area contributed by atoms with Crippen molar-refractivity contribution in [2.75, 3.05) is 0 Å². The molecule has 0 saturated heterocycles. The topological polar surface area (TPSA) is 13.1 Å². The first-order valence-electron chi connectivity index (χ1n) is 19.8. The highest BCUT2D eigenvalue weighted by Crippen LogP contribution is 2.51. The summed E-state index contributed by atoms with van der Waals surface area (Å²) in [7, 11) is 55.1. The Morgan fingerprint density at radius 1 is 0.367 bits per heavy atom. The first kappa shape index (κ1) is 37.1. The number of hydrogen-bond acceptors (Lipinski definition) is 1. The summed E-state index contributed by atoms with van der Waals surface area (Å²) in [6, 6.07) is 41.9. The first-order valence-corrected chi connectivity index (χ1v) is 19.8. The van der Waals surface area contributed by atoms with Gasteiger partial charge in [0.15, 0.2) is 0 Å². The Morgan fingerprint density at radius 3 is 1.47 bits per heavy atom. The summed E-state index contributed by atoms with van der Waals surface area (Å²) < 4.78 is 6.41. The van der Waals surface area contributed by atoms with Crippen LogP contribution in [0.3, 0.4) is 0 Å². The molecule has 0 unspecified atom stereocenters. The van der Waals surface area contributed by atoms with Crippen molar-refractivity contribution in [2.45, 2.75) is 19.3 Å². The van der Waals surface area contributed by atoms with Crippen LogP contribution in [0.5, 0.6) is 0 Å². The molecule has 1 aliphatic carbocycles. The van der Waals surface area contributed by atoms with Crippen LogP contribution < -0.4 is 43.7 Å². The van der Waals surface area contributed by atoms with Crippen LogP contribution in [0.25, 0.3) is 98.8 Å². The van der Waals surface area contributed by atoms with Gasteiger partial charge in [-0.15, -0.1) is 21.9 Å².